The molecule has 7 nitrogen and oxygen atoms in total. The number of nitrogens with one attached hydrogen (secondary N) is 1. The number of hydrogen-bond acceptors (Lipinski definition) is 4. The molecule has 2 aromatic rings. The van der Waals surface area contributed by atoms with Crippen LogP contribution in [0.3, 0.4) is 0 Å². The molecule has 0 aliphatic rings. The Hall–Kier alpha value is -2.58. The number of amides is 2. The van der Waals surface area contributed by atoms with Gasteiger partial charge in [0.1, 0.15) is 6.04 Å². The molecule has 2 amide bonds. The Morgan fingerprint density at radius 1 is 1.09 bits per heavy atom. The van der Waals surface area contributed by atoms with Gasteiger partial charge >= 0.3 is 0 Å². The summed E-state index contributed by atoms with van der Waals surface area (Å²) in [5.74, 6) is -0.457. The van der Waals surface area contributed by atoms with Crippen molar-refractivity contribution in [3.8, 4) is 0 Å². The van der Waals surface area contributed by atoms with Crippen LogP contribution >= 0.6 is 11.6 Å². The normalized spacial score (nSPS) is 12.2. The van der Waals surface area contributed by atoms with Crippen LogP contribution < -0.4 is 9.62 Å². The molecule has 0 heterocycles. The molecule has 0 spiro atoms. The summed E-state index contributed by atoms with van der Waals surface area (Å²) in [5, 5.41) is 3.35. The standard InChI is InChI=1S/C25H34ClN3O4S/c1-6-27-25(31)20(4)28(17-21-11-13-22(26)14-12-21)24(30)8-7-15-29(34(5,32)33)23-16-18(2)9-10-19(23)3/h9-14,16,20H,6-8,15,17H2,1-5H3,(H,27,31). The van der Waals surface area contributed by atoms with Gasteiger partial charge < -0.3 is 10.2 Å². The first kappa shape index (κ1) is 27.7. The molecule has 1 atom stereocenters. The summed E-state index contributed by atoms with van der Waals surface area (Å²) in [7, 11) is -3.53. The predicted molar refractivity (Wildman–Crippen MR) is 137 cm³/mol. The van der Waals surface area contributed by atoms with E-state index in [0.29, 0.717) is 23.7 Å². The number of aryl methyl sites for hydroxylation is 2. The molecule has 2 rings (SSSR count). The van der Waals surface area contributed by atoms with E-state index in [4.69, 9.17) is 11.6 Å². The van der Waals surface area contributed by atoms with Crippen molar-refractivity contribution in [1.82, 2.24) is 10.2 Å². The minimum absolute atomic E-state index is 0.105. The fraction of sp³-hybridized carbons (Fsp3) is 0.440. The average molecular weight is 508 g/mol. The summed E-state index contributed by atoms with van der Waals surface area (Å²) in [5.41, 5.74) is 3.26. The number of rotatable bonds is 11. The molecule has 186 valence electrons. The zero-order chi connectivity index (χ0) is 25.5. The maximum atomic E-state index is 13.2. The highest BCUT2D eigenvalue weighted by Crippen LogP contribution is 2.24. The van der Waals surface area contributed by atoms with Gasteiger partial charge in [0.2, 0.25) is 21.8 Å². The average Bonchev–Trinajstić information content (AvgIpc) is 2.77. The van der Waals surface area contributed by atoms with Gasteiger partial charge in [-0.3, -0.25) is 13.9 Å². The lowest BCUT2D eigenvalue weighted by atomic mass is 10.1. The van der Waals surface area contributed by atoms with E-state index < -0.39 is 16.1 Å². The Balaban J connectivity index is 2.18. The van der Waals surface area contributed by atoms with Crippen molar-refractivity contribution >= 4 is 39.1 Å². The minimum atomic E-state index is -3.53. The van der Waals surface area contributed by atoms with E-state index in [-0.39, 0.29) is 31.3 Å². The number of sulfonamides is 1. The van der Waals surface area contributed by atoms with Crippen LogP contribution in [0.2, 0.25) is 5.02 Å². The Bertz CT molecular complexity index is 1100. The highest BCUT2D eigenvalue weighted by molar-refractivity contribution is 7.92. The first-order valence-electron chi connectivity index (χ1n) is 11.3. The largest absolute Gasteiger partial charge is 0.355 e. The molecule has 0 bridgehead atoms. The van der Waals surface area contributed by atoms with Crippen molar-refractivity contribution in [2.45, 2.75) is 53.1 Å². The number of hydrogen-bond donors (Lipinski definition) is 1. The first-order chi connectivity index (χ1) is 15.9. The topological polar surface area (TPSA) is 86.8 Å². The number of likely N-dealkylation sites (N-methyl/N-ethyl adjacent to an activating group) is 1. The third-order valence-corrected chi connectivity index (χ3v) is 7.00. The Labute approximate surface area is 208 Å². The summed E-state index contributed by atoms with van der Waals surface area (Å²) in [6, 6.07) is 12.1. The van der Waals surface area contributed by atoms with Gasteiger partial charge in [-0.15, -0.1) is 0 Å². The van der Waals surface area contributed by atoms with Crippen molar-refractivity contribution in [1.29, 1.82) is 0 Å². The van der Waals surface area contributed by atoms with Crippen LogP contribution in [0.25, 0.3) is 0 Å². The Morgan fingerprint density at radius 3 is 2.32 bits per heavy atom. The van der Waals surface area contributed by atoms with E-state index in [1.165, 1.54) is 15.5 Å². The zero-order valence-electron chi connectivity index (χ0n) is 20.5. The van der Waals surface area contributed by atoms with Crippen molar-refractivity contribution in [2.24, 2.45) is 0 Å². The molecule has 0 saturated carbocycles. The van der Waals surface area contributed by atoms with E-state index in [0.717, 1.165) is 16.7 Å². The zero-order valence-corrected chi connectivity index (χ0v) is 22.0. The van der Waals surface area contributed by atoms with Gasteiger partial charge in [-0.1, -0.05) is 35.9 Å². The van der Waals surface area contributed by atoms with Crippen molar-refractivity contribution in [3.63, 3.8) is 0 Å². The lowest BCUT2D eigenvalue weighted by Gasteiger charge is -2.29. The molecule has 0 aliphatic heterocycles. The summed E-state index contributed by atoms with van der Waals surface area (Å²) in [6.07, 6.45) is 1.59. The number of nitrogens with zero attached hydrogens (tertiary/aromatic N) is 2. The van der Waals surface area contributed by atoms with Gasteiger partial charge in [0.25, 0.3) is 0 Å². The number of carbonyl (C=O) groups excluding carboxylic acids is 2. The maximum absolute atomic E-state index is 13.2. The molecule has 0 radical (unpaired) electrons. The number of halogens is 1. The molecule has 0 saturated heterocycles. The lowest BCUT2D eigenvalue weighted by molar-refractivity contribution is -0.140. The number of carbonyl (C=O) groups is 2. The molecular weight excluding hydrogens is 474 g/mol. The Kier molecular flexibility index (Phi) is 9.94. The van der Waals surface area contributed by atoms with E-state index in [1.54, 1.807) is 19.1 Å². The van der Waals surface area contributed by atoms with Crippen molar-refractivity contribution < 1.29 is 18.0 Å². The quantitative estimate of drug-likeness (QED) is 0.497. The molecule has 2 aromatic carbocycles. The SMILES string of the molecule is CCNC(=O)C(C)N(Cc1ccc(Cl)cc1)C(=O)CCCN(c1cc(C)ccc1C)S(C)(=O)=O. The monoisotopic (exact) mass is 507 g/mol. The van der Waals surface area contributed by atoms with Gasteiger partial charge in [0.15, 0.2) is 0 Å². The van der Waals surface area contributed by atoms with Crippen LogP contribution in [-0.4, -0.2) is 50.5 Å². The highest BCUT2D eigenvalue weighted by Gasteiger charge is 2.26. The number of anilines is 1. The van der Waals surface area contributed by atoms with Gasteiger partial charge in [-0.2, -0.15) is 0 Å². The molecule has 34 heavy (non-hydrogen) atoms. The van der Waals surface area contributed by atoms with Crippen molar-refractivity contribution in [2.75, 3.05) is 23.7 Å². The predicted octanol–water partition coefficient (Wildman–Crippen LogP) is 4.06. The van der Waals surface area contributed by atoms with Crippen molar-refractivity contribution in [3.05, 3.63) is 64.2 Å². The van der Waals surface area contributed by atoms with Crippen LogP contribution in [0.4, 0.5) is 5.69 Å². The molecule has 0 fully saturated rings. The van der Waals surface area contributed by atoms with Crippen LogP contribution in [0.15, 0.2) is 42.5 Å². The summed E-state index contributed by atoms with van der Waals surface area (Å²) in [4.78, 5) is 27.2. The van der Waals surface area contributed by atoms with E-state index in [1.807, 2.05) is 51.1 Å². The summed E-state index contributed by atoms with van der Waals surface area (Å²) < 4.78 is 26.4. The molecular formula is C25H34ClN3O4S. The molecule has 0 aromatic heterocycles. The fourth-order valence-corrected chi connectivity index (χ4v) is 4.80. The fourth-order valence-electron chi connectivity index (χ4n) is 3.66. The molecule has 0 aliphatic carbocycles. The van der Waals surface area contributed by atoms with Crippen LogP contribution in [0, 0.1) is 13.8 Å². The van der Waals surface area contributed by atoms with Crippen LogP contribution in [-0.2, 0) is 26.2 Å². The second kappa shape index (κ2) is 12.2. The van der Waals surface area contributed by atoms with E-state index in [2.05, 4.69) is 5.32 Å². The molecule has 1 N–H and O–H groups in total. The first-order valence-corrected chi connectivity index (χ1v) is 13.5. The molecule has 9 heteroatoms. The van der Waals surface area contributed by atoms with Gasteiger partial charge in [-0.05, 0) is 69.0 Å². The maximum Gasteiger partial charge on any atom is 0.242 e. The van der Waals surface area contributed by atoms with Gasteiger partial charge in [0, 0.05) is 31.1 Å². The van der Waals surface area contributed by atoms with Gasteiger partial charge in [-0.25, -0.2) is 8.42 Å². The van der Waals surface area contributed by atoms with E-state index >= 15 is 0 Å². The van der Waals surface area contributed by atoms with Crippen LogP contribution in [0.1, 0.15) is 43.4 Å². The Morgan fingerprint density at radius 2 is 1.74 bits per heavy atom. The van der Waals surface area contributed by atoms with E-state index in [9.17, 15) is 18.0 Å². The van der Waals surface area contributed by atoms with Crippen LogP contribution in [0.5, 0.6) is 0 Å². The van der Waals surface area contributed by atoms with Gasteiger partial charge in [0.05, 0.1) is 11.9 Å². The lowest BCUT2D eigenvalue weighted by Crippen LogP contribution is -2.47. The smallest absolute Gasteiger partial charge is 0.242 e. The second-order valence-electron chi connectivity index (χ2n) is 8.45. The number of benzene rings is 2. The highest BCUT2D eigenvalue weighted by atomic mass is 35.5. The third-order valence-electron chi connectivity index (χ3n) is 5.57. The molecule has 1 unspecified atom stereocenters. The second-order valence-corrected chi connectivity index (χ2v) is 10.8. The third kappa shape index (κ3) is 7.74. The minimum Gasteiger partial charge on any atom is -0.355 e. The summed E-state index contributed by atoms with van der Waals surface area (Å²) in [6.45, 7) is 8.16. The summed E-state index contributed by atoms with van der Waals surface area (Å²) >= 11 is 5.97.